The van der Waals surface area contributed by atoms with Crippen LogP contribution in [0.4, 0.5) is 5.69 Å². The summed E-state index contributed by atoms with van der Waals surface area (Å²) in [5.41, 5.74) is 7.70. The van der Waals surface area contributed by atoms with Crippen LogP contribution in [0, 0.1) is 5.92 Å². The zero-order valence-electron chi connectivity index (χ0n) is 14.2. The minimum Gasteiger partial charge on any atom is -0.325 e. The fourth-order valence-electron chi connectivity index (χ4n) is 3.21. The highest BCUT2D eigenvalue weighted by molar-refractivity contribution is 5.93. The third-order valence-electron chi connectivity index (χ3n) is 4.57. The summed E-state index contributed by atoms with van der Waals surface area (Å²) in [6.07, 6.45) is 10.9. The highest BCUT2D eigenvalue weighted by Crippen LogP contribution is 2.32. The molecule has 0 radical (unpaired) electrons. The SMILES string of the molecule is CC1(N)CCCCC1C(=O)Nc1cnn(Cc2ccncc2)c1.Cl.Cl. The van der Waals surface area contributed by atoms with Gasteiger partial charge in [-0.2, -0.15) is 5.10 Å². The molecule has 0 saturated heterocycles. The van der Waals surface area contributed by atoms with Gasteiger partial charge in [0, 0.05) is 24.1 Å². The van der Waals surface area contributed by atoms with Gasteiger partial charge in [0.15, 0.2) is 0 Å². The van der Waals surface area contributed by atoms with Gasteiger partial charge in [0.25, 0.3) is 0 Å². The van der Waals surface area contributed by atoms with Crippen LogP contribution in [-0.2, 0) is 11.3 Å². The summed E-state index contributed by atoms with van der Waals surface area (Å²) in [6.45, 7) is 2.62. The fourth-order valence-corrected chi connectivity index (χ4v) is 3.21. The molecule has 2 aromatic heterocycles. The van der Waals surface area contributed by atoms with Gasteiger partial charge in [0.2, 0.25) is 5.91 Å². The summed E-state index contributed by atoms with van der Waals surface area (Å²) in [5.74, 6) is -0.141. The van der Waals surface area contributed by atoms with E-state index in [1.165, 1.54) is 0 Å². The molecule has 6 nitrogen and oxygen atoms in total. The lowest BCUT2D eigenvalue weighted by Crippen LogP contribution is -2.51. The molecule has 8 heteroatoms. The quantitative estimate of drug-likeness (QED) is 0.846. The minimum atomic E-state index is -0.421. The first-order valence-electron chi connectivity index (χ1n) is 8.06. The number of carbonyl (C=O) groups excluding carboxylic acids is 1. The number of hydrogen-bond acceptors (Lipinski definition) is 4. The molecule has 3 rings (SSSR count). The largest absolute Gasteiger partial charge is 0.325 e. The van der Waals surface area contributed by atoms with E-state index in [2.05, 4.69) is 15.4 Å². The number of nitrogens with one attached hydrogen (secondary N) is 1. The summed E-state index contributed by atoms with van der Waals surface area (Å²) < 4.78 is 1.80. The predicted molar refractivity (Wildman–Crippen MR) is 103 cm³/mol. The second kappa shape index (κ2) is 9.17. The average molecular weight is 386 g/mol. The number of nitrogens with zero attached hydrogens (tertiary/aromatic N) is 3. The molecular formula is C17H25Cl2N5O. The molecule has 1 amide bonds. The number of halogens is 2. The lowest BCUT2D eigenvalue weighted by atomic mass is 9.74. The van der Waals surface area contributed by atoms with Crippen LogP contribution in [0.15, 0.2) is 36.9 Å². The Bertz CT molecular complexity index is 675. The van der Waals surface area contributed by atoms with E-state index in [4.69, 9.17) is 5.73 Å². The molecule has 0 aliphatic heterocycles. The van der Waals surface area contributed by atoms with Crippen molar-refractivity contribution in [2.75, 3.05) is 5.32 Å². The molecule has 138 valence electrons. The van der Waals surface area contributed by atoms with Crippen LogP contribution >= 0.6 is 24.8 Å². The minimum absolute atomic E-state index is 0. The Morgan fingerprint density at radius 3 is 2.76 bits per heavy atom. The van der Waals surface area contributed by atoms with Crippen molar-refractivity contribution in [2.24, 2.45) is 11.7 Å². The molecule has 1 fully saturated rings. The Hall–Kier alpha value is -1.63. The predicted octanol–water partition coefficient (Wildman–Crippen LogP) is 3.02. The number of hydrogen-bond donors (Lipinski definition) is 2. The maximum atomic E-state index is 12.5. The summed E-state index contributed by atoms with van der Waals surface area (Å²) in [5, 5.41) is 7.26. The average Bonchev–Trinajstić information content (AvgIpc) is 2.94. The molecular weight excluding hydrogens is 361 g/mol. The number of aromatic nitrogens is 3. The third kappa shape index (κ3) is 5.42. The summed E-state index contributed by atoms with van der Waals surface area (Å²) in [4.78, 5) is 16.5. The lowest BCUT2D eigenvalue weighted by Gasteiger charge is -2.37. The van der Waals surface area contributed by atoms with Gasteiger partial charge in [-0.1, -0.05) is 12.8 Å². The second-order valence-electron chi connectivity index (χ2n) is 6.58. The Balaban J connectivity index is 0.00000156. The molecule has 3 N–H and O–H groups in total. The van der Waals surface area contributed by atoms with Gasteiger partial charge in [0.05, 0.1) is 24.3 Å². The molecule has 2 aromatic rings. The molecule has 1 aliphatic rings. The summed E-state index contributed by atoms with van der Waals surface area (Å²) in [6, 6.07) is 3.89. The van der Waals surface area contributed by atoms with E-state index in [0.717, 1.165) is 31.2 Å². The van der Waals surface area contributed by atoms with E-state index in [-0.39, 0.29) is 36.6 Å². The normalized spacial score (nSPS) is 22.4. The molecule has 2 heterocycles. The van der Waals surface area contributed by atoms with E-state index >= 15 is 0 Å². The van der Waals surface area contributed by atoms with Crippen molar-refractivity contribution in [1.29, 1.82) is 0 Å². The van der Waals surface area contributed by atoms with Crippen molar-refractivity contribution in [3.05, 3.63) is 42.5 Å². The van der Waals surface area contributed by atoms with Gasteiger partial charge in [-0.3, -0.25) is 14.5 Å². The van der Waals surface area contributed by atoms with Crippen LogP contribution in [0.1, 0.15) is 38.2 Å². The van der Waals surface area contributed by atoms with Crippen LogP contribution in [0.3, 0.4) is 0 Å². The first-order valence-corrected chi connectivity index (χ1v) is 8.06. The maximum Gasteiger partial charge on any atom is 0.229 e. The maximum absolute atomic E-state index is 12.5. The first-order chi connectivity index (χ1) is 11.0. The van der Waals surface area contributed by atoms with Gasteiger partial charge in [-0.15, -0.1) is 24.8 Å². The van der Waals surface area contributed by atoms with Crippen LogP contribution < -0.4 is 11.1 Å². The second-order valence-corrected chi connectivity index (χ2v) is 6.58. The van der Waals surface area contributed by atoms with Crippen molar-refractivity contribution < 1.29 is 4.79 Å². The molecule has 2 unspecified atom stereocenters. The van der Waals surface area contributed by atoms with Crippen molar-refractivity contribution >= 4 is 36.4 Å². The number of pyridine rings is 1. The molecule has 1 saturated carbocycles. The number of anilines is 1. The van der Waals surface area contributed by atoms with E-state index in [9.17, 15) is 4.79 Å². The lowest BCUT2D eigenvalue weighted by molar-refractivity contribution is -0.122. The highest BCUT2D eigenvalue weighted by atomic mass is 35.5. The van der Waals surface area contributed by atoms with Gasteiger partial charge in [0.1, 0.15) is 0 Å². The van der Waals surface area contributed by atoms with Crippen molar-refractivity contribution in [3.8, 4) is 0 Å². The number of amides is 1. The van der Waals surface area contributed by atoms with Crippen molar-refractivity contribution in [2.45, 2.75) is 44.7 Å². The van der Waals surface area contributed by atoms with Crippen LogP contribution in [0.5, 0.6) is 0 Å². The Kier molecular flexibility index (Phi) is 7.86. The zero-order valence-corrected chi connectivity index (χ0v) is 15.9. The number of rotatable bonds is 4. The number of nitrogens with two attached hydrogens (primary N) is 1. The topological polar surface area (TPSA) is 85.8 Å². The van der Waals surface area contributed by atoms with Crippen molar-refractivity contribution in [1.82, 2.24) is 14.8 Å². The standard InChI is InChI=1S/C17H23N5O.2ClH/c1-17(18)7-3-2-4-15(17)16(23)21-14-10-20-22(12-14)11-13-5-8-19-9-6-13;;/h5-6,8-10,12,15H,2-4,7,11,18H2,1H3,(H,21,23);2*1H. The number of carbonyl (C=O) groups is 1. The Labute approximate surface area is 160 Å². The van der Waals surface area contributed by atoms with E-state index in [0.29, 0.717) is 12.2 Å². The van der Waals surface area contributed by atoms with E-state index in [1.54, 1.807) is 23.3 Å². The van der Waals surface area contributed by atoms with E-state index < -0.39 is 5.54 Å². The van der Waals surface area contributed by atoms with Gasteiger partial charge in [-0.05, 0) is 37.5 Å². The fraction of sp³-hybridized carbons (Fsp3) is 0.471. The summed E-state index contributed by atoms with van der Waals surface area (Å²) in [7, 11) is 0. The monoisotopic (exact) mass is 385 g/mol. The van der Waals surface area contributed by atoms with Gasteiger partial charge >= 0.3 is 0 Å². The molecule has 1 aliphatic carbocycles. The van der Waals surface area contributed by atoms with Gasteiger partial charge in [-0.25, -0.2) is 0 Å². The third-order valence-corrected chi connectivity index (χ3v) is 4.57. The van der Waals surface area contributed by atoms with E-state index in [1.807, 2.05) is 25.3 Å². The first kappa shape index (κ1) is 21.4. The summed E-state index contributed by atoms with van der Waals surface area (Å²) >= 11 is 0. The molecule has 2 atom stereocenters. The highest BCUT2D eigenvalue weighted by Gasteiger charge is 2.37. The molecule has 25 heavy (non-hydrogen) atoms. The van der Waals surface area contributed by atoms with Crippen LogP contribution in [0.25, 0.3) is 0 Å². The van der Waals surface area contributed by atoms with Crippen LogP contribution in [0.2, 0.25) is 0 Å². The smallest absolute Gasteiger partial charge is 0.229 e. The van der Waals surface area contributed by atoms with Crippen LogP contribution in [-0.4, -0.2) is 26.2 Å². The molecule has 0 aromatic carbocycles. The molecule has 0 spiro atoms. The van der Waals surface area contributed by atoms with Crippen molar-refractivity contribution in [3.63, 3.8) is 0 Å². The molecule has 0 bridgehead atoms. The Morgan fingerprint density at radius 1 is 1.36 bits per heavy atom. The van der Waals surface area contributed by atoms with Gasteiger partial charge < -0.3 is 11.1 Å². The Morgan fingerprint density at radius 2 is 2.08 bits per heavy atom. The zero-order chi connectivity index (χ0) is 16.3.